The Morgan fingerprint density at radius 2 is 1.75 bits per heavy atom. The molecule has 2 atom stereocenters. The zero-order chi connectivity index (χ0) is 13.8. The average Bonchev–Trinajstić information content (AvgIpc) is 2.63. The second-order valence-corrected chi connectivity index (χ2v) is 5.27. The van der Waals surface area contributed by atoms with E-state index in [4.69, 9.17) is 0 Å². The number of fused-ring (bicyclic) bond motifs is 1. The van der Waals surface area contributed by atoms with Gasteiger partial charge in [-0.1, -0.05) is 60.7 Å². The SMILES string of the molecule is O[C@@H]1Cc2ccccc2N[C@H](/C=C/c2ccccc2)C1. The zero-order valence-corrected chi connectivity index (χ0v) is 11.4. The van der Waals surface area contributed by atoms with Crippen molar-refractivity contribution in [2.45, 2.75) is 25.0 Å². The van der Waals surface area contributed by atoms with Gasteiger partial charge in [0.2, 0.25) is 0 Å². The van der Waals surface area contributed by atoms with Gasteiger partial charge in [0.15, 0.2) is 0 Å². The molecule has 2 aromatic rings. The van der Waals surface area contributed by atoms with Crippen LogP contribution < -0.4 is 5.32 Å². The van der Waals surface area contributed by atoms with E-state index < -0.39 is 0 Å². The molecule has 2 N–H and O–H groups in total. The fourth-order valence-corrected chi connectivity index (χ4v) is 2.65. The molecule has 1 aliphatic heterocycles. The van der Waals surface area contributed by atoms with Crippen LogP contribution in [0, 0.1) is 0 Å². The number of anilines is 1. The molecule has 0 aromatic heterocycles. The van der Waals surface area contributed by atoms with Gasteiger partial charge in [-0.3, -0.25) is 0 Å². The molecule has 0 aliphatic carbocycles. The molecular weight excluding hydrogens is 246 g/mol. The number of para-hydroxylation sites is 1. The van der Waals surface area contributed by atoms with Crippen molar-refractivity contribution in [2.75, 3.05) is 5.32 Å². The molecule has 2 nitrogen and oxygen atoms in total. The lowest BCUT2D eigenvalue weighted by molar-refractivity contribution is 0.165. The minimum atomic E-state index is -0.295. The molecule has 2 heteroatoms. The number of hydrogen-bond acceptors (Lipinski definition) is 2. The first-order chi connectivity index (χ1) is 9.81. The summed E-state index contributed by atoms with van der Waals surface area (Å²) in [5, 5.41) is 13.6. The minimum absolute atomic E-state index is 0.161. The maximum Gasteiger partial charge on any atom is 0.0604 e. The Bertz CT molecular complexity index is 591. The van der Waals surface area contributed by atoms with E-state index in [1.165, 1.54) is 11.1 Å². The summed E-state index contributed by atoms with van der Waals surface area (Å²) in [5.41, 5.74) is 3.50. The lowest BCUT2D eigenvalue weighted by atomic mass is 10.0. The molecule has 0 unspecified atom stereocenters. The van der Waals surface area contributed by atoms with Crippen LogP contribution in [0.2, 0.25) is 0 Å². The van der Waals surface area contributed by atoms with Gasteiger partial charge in [-0.25, -0.2) is 0 Å². The molecule has 0 bridgehead atoms. The third-order valence-corrected chi connectivity index (χ3v) is 3.66. The Morgan fingerprint density at radius 3 is 2.60 bits per heavy atom. The fourth-order valence-electron chi connectivity index (χ4n) is 2.65. The Hall–Kier alpha value is -2.06. The predicted molar refractivity (Wildman–Crippen MR) is 83.7 cm³/mol. The van der Waals surface area contributed by atoms with Crippen LogP contribution in [-0.2, 0) is 6.42 Å². The third-order valence-electron chi connectivity index (χ3n) is 3.66. The van der Waals surface area contributed by atoms with E-state index in [1.54, 1.807) is 0 Å². The van der Waals surface area contributed by atoms with Gasteiger partial charge in [-0.15, -0.1) is 0 Å². The summed E-state index contributed by atoms with van der Waals surface area (Å²) in [5.74, 6) is 0. The van der Waals surface area contributed by atoms with Gasteiger partial charge in [-0.05, 0) is 23.6 Å². The highest BCUT2D eigenvalue weighted by Crippen LogP contribution is 2.24. The van der Waals surface area contributed by atoms with E-state index in [-0.39, 0.29) is 12.1 Å². The van der Waals surface area contributed by atoms with Crippen molar-refractivity contribution >= 4 is 11.8 Å². The zero-order valence-electron chi connectivity index (χ0n) is 11.4. The topological polar surface area (TPSA) is 32.3 Å². The van der Waals surface area contributed by atoms with Gasteiger partial charge in [0.1, 0.15) is 0 Å². The van der Waals surface area contributed by atoms with Crippen molar-refractivity contribution in [1.82, 2.24) is 0 Å². The molecule has 0 saturated carbocycles. The van der Waals surface area contributed by atoms with Gasteiger partial charge in [0.25, 0.3) is 0 Å². The van der Waals surface area contributed by atoms with Crippen molar-refractivity contribution in [2.24, 2.45) is 0 Å². The smallest absolute Gasteiger partial charge is 0.0604 e. The summed E-state index contributed by atoms with van der Waals surface area (Å²) in [6.45, 7) is 0. The molecule has 0 radical (unpaired) electrons. The number of rotatable bonds is 2. The normalized spacial score (nSPS) is 22.1. The van der Waals surface area contributed by atoms with E-state index in [0.29, 0.717) is 0 Å². The Kier molecular flexibility index (Phi) is 3.84. The van der Waals surface area contributed by atoms with Crippen LogP contribution >= 0.6 is 0 Å². The van der Waals surface area contributed by atoms with Gasteiger partial charge in [-0.2, -0.15) is 0 Å². The number of aliphatic hydroxyl groups is 1. The van der Waals surface area contributed by atoms with E-state index in [0.717, 1.165) is 18.5 Å². The molecule has 102 valence electrons. The Labute approximate surface area is 119 Å². The first-order valence-electron chi connectivity index (χ1n) is 7.07. The second kappa shape index (κ2) is 5.93. The highest BCUT2D eigenvalue weighted by Gasteiger charge is 2.19. The number of aliphatic hydroxyl groups excluding tert-OH is 1. The molecule has 1 heterocycles. The van der Waals surface area contributed by atoms with Gasteiger partial charge < -0.3 is 10.4 Å². The first-order valence-corrected chi connectivity index (χ1v) is 7.07. The van der Waals surface area contributed by atoms with E-state index in [1.807, 2.05) is 30.3 Å². The average molecular weight is 265 g/mol. The van der Waals surface area contributed by atoms with Gasteiger partial charge in [0, 0.05) is 18.2 Å². The van der Waals surface area contributed by atoms with Crippen molar-refractivity contribution < 1.29 is 5.11 Å². The summed E-state index contributed by atoms with van der Waals surface area (Å²) in [7, 11) is 0. The lowest BCUT2D eigenvalue weighted by Crippen LogP contribution is -2.21. The van der Waals surface area contributed by atoms with E-state index in [9.17, 15) is 5.11 Å². The molecule has 1 aliphatic rings. The highest BCUT2D eigenvalue weighted by atomic mass is 16.3. The van der Waals surface area contributed by atoms with Crippen LogP contribution in [0.3, 0.4) is 0 Å². The largest absolute Gasteiger partial charge is 0.393 e. The number of nitrogens with one attached hydrogen (secondary N) is 1. The number of hydrogen-bond donors (Lipinski definition) is 2. The van der Waals surface area contributed by atoms with Crippen LogP contribution in [0.5, 0.6) is 0 Å². The fraction of sp³-hybridized carbons (Fsp3) is 0.222. The van der Waals surface area contributed by atoms with Gasteiger partial charge in [0.05, 0.1) is 6.10 Å². The quantitative estimate of drug-likeness (QED) is 0.871. The molecule has 0 amide bonds. The Balaban J connectivity index is 1.79. The summed E-state index contributed by atoms with van der Waals surface area (Å²) in [6, 6.07) is 18.6. The highest BCUT2D eigenvalue weighted by molar-refractivity contribution is 5.56. The van der Waals surface area contributed by atoms with Crippen LogP contribution in [-0.4, -0.2) is 17.3 Å². The molecule has 0 spiro atoms. The standard InChI is InChI=1S/C18H19NO/c20-17-12-15-8-4-5-9-18(15)19-16(13-17)11-10-14-6-2-1-3-7-14/h1-11,16-17,19-20H,12-13H2/b11-10+/t16-,17-/m1/s1. The summed E-state index contributed by atoms with van der Waals surface area (Å²) in [6.07, 6.45) is 5.41. The minimum Gasteiger partial charge on any atom is -0.393 e. The molecule has 3 rings (SSSR count). The predicted octanol–water partition coefficient (Wildman–Crippen LogP) is 3.49. The van der Waals surface area contributed by atoms with Crippen molar-refractivity contribution in [1.29, 1.82) is 0 Å². The lowest BCUT2D eigenvalue weighted by Gasteiger charge is -2.15. The van der Waals surface area contributed by atoms with Crippen molar-refractivity contribution in [3.05, 3.63) is 71.8 Å². The summed E-state index contributed by atoms with van der Waals surface area (Å²) < 4.78 is 0. The monoisotopic (exact) mass is 265 g/mol. The Morgan fingerprint density at radius 1 is 1.00 bits per heavy atom. The van der Waals surface area contributed by atoms with Crippen LogP contribution in [0.4, 0.5) is 5.69 Å². The van der Waals surface area contributed by atoms with Crippen LogP contribution in [0.15, 0.2) is 60.7 Å². The summed E-state index contributed by atoms with van der Waals surface area (Å²) >= 11 is 0. The van der Waals surface area contributed by atoms with Crippen molar-refractivity contribution in [3.63, 3.8) is 0 Å². The third kappa shape index (κ3) is 3.09. The number of benzene rings is 2. The molecule has 0 fully saturated rings. The maximum atomic E-state index is 10.1. The van der Waals surface area contributed by atoms with E-state index in [2.05, 4.69) is 41.7 Å². The van der Waals surface area contributed by atoms with E-state index >= 15 is 0 Å². The maximum absolute atomic E-state index is 10.1. The molecule has 0 saturated heterocycles. The van der Waals surface area contributed by atoms with Crippen LogP contribution in [0.25, 0.3) is 6.08 Å². The summed E-state index contributed by atoms with van der Waals surface area (Å²) in [4.78, 5) is 0. The first kappa shape index (κ1) is 12.9. The molecule has 20 heavy (non-hydrogen) atoms. The molecule has 2 aromatic carbocycles. The van der Waals surface area contributed by atoms with Gasteiger partial charge >= 0.3 is 0 Å². The van der Waals surface area contributed by atoms with Crippen molar-refractivity contribution in [3.8, 4) is 0 Å². The second-order valence-electron chi connectivity index (χ2n) is 5.27. The van der Waals surface area contributed by atoms with Crippen LogP contribution in [0.1, 0.15) is 17.5 Å². The molecular formula is C18H19NO.